The van der Waals surface area contributed by atoms with Crippen molar-refractivity contribution < 1.29 is 29.0 Å². The highest BCUT2D eigenvalue weighted by molar-refractivity contribution is 5.88. The maximum atomic E-state index is 13.1. The first kappa shape index (κ1) is 39.6. The van der Waals surface area contributed by atoms with Crippen molar-refractivity contribution in [3.8, 4) is 0 Å². The lowest BCUT2D eigenvalue weighted by Gasteiger charge is -2.26. The Morgan fingerprint density at radius 3 is 2.21 bits per heavy atom. The number of carboxylic acid groups (broad SMARTS) is 1. The van der Waals surface area contributed by atoms with Crippen LogP contribution in [-0.2, 0) is 36.9 Å². The van der Waals surface area contributed by atoms with Crippen LogP contribution in [0.2, 0.25) is 0 Å². The summed E-state index contributed by atoms with van der Waals surface area (Å²) in [4.78, 5) is 56.0. The van der Waals surface area contributed by atoms with E-state index in [2.05, 4.69) is 27.5 Å². The van der Waals surface area contributed by atoms with E-state index < -0.39 is 36.0 Å². The van der Waals surface area contributed by atoms with Crippen molar-refractivity contribution in [3.63, 3.8) is 0 Å². The van der Waals surface area contributed by atoms with Crippen LogP contribution in [0, 0.1) is 0 Å². The van der Waals surface area contributed by atoms with Crippen molar-refractivity contribution in [1.82, 2.24) is 20.6 Å². The first-order chi connectivity index (χ1) is 19.3. The van der Waals surface area contributed by atoms with Crippen LogP contribution in [0.15, 0.2) is 6.33 Å². The first-order valence-corrected chi connectivity index (χ1v) is 15.1. The number of carbonyl (C=O) groups is 4. The van der Waals surface area contributed by atoms with E-state index in [9.17, 15) is 19.2 Å². The van der Waals surface area contributed by atoms with Gasteiger partial charge in [-0.2, -0.15) is 0 Å². The molecule has 0 aromatic carbocycles. The van der Waals surface area contributed by atoms with Crippen molar-refractivity contribution in [2.45, 2.75) is 141 Å². The molecule has 42 heavy (non-hydrogen) atoms. The number of carbonyl (C=O) groups excluding carboxylic acids is 3. The van der Waals surface area contributed by atoms with E-state index in [0.29, 0.717) is 19.4 Å². The highest BCUT2D eigenvalue weighted by Crippen LogP contribution is 2.17. The molecule has 0 fully saturated rings. The fourth-order valence-corrected chi connectivity index (χ4v) is 5.04. The monoisotopic (exact) mass is 635 g/mol. The van der Waals surface area contributed by atoms with Gasteiger partial charge in [0.25, 0.3) is 0 Å². The van der Waals surface area contributed by atoms with Gasteiger partial charge in [-0.25, -0.2) is 9.78 Å². The van der Waals surface area contributed by atoms with Gasteiger partial charge in [-0.05, 0) is 25.7 Å². The summed E-state index contributed by atoms with van der Waals surface area (Å²) in [6, 6.07) is -1.61. The van der Waals surface area contributed by atoms with Crippen molar-refractivity contribution in [2.75, 3.05) is 0 Å². The number of nitrogens with one attached hydrogen (secondary N) is 3. The number of imidazole rings is 1. The molecular weight excluding hydrogens is 585 g/mol. The average Bonchev–Trinajstić information content (AvgIpc) is 3.38. The summed E-state index contributed by atoms with van der Waals surface area (Å²) in [6.45, 7) is 2.67. The number of rotatable bonds is 22. The standard InChI is InChI=1S/C29H49N5O6.2ClH/c1-2-3-4-5-6-7-8-9-10-11-12-14-21(17-26(30)35)40-29(39)22(15-13-16-27(36)37)34-28(38)24-18-23-25(19-31-24)33-20-32-23;;/h20-22,24,31H,2-19H2,1H3,(H2,30,35)(H,32,33)(H,34,38)(H,36,37);2*1H/t21-,22-,24+;;/m0../s1. The zero-order chi connectivity index (χ0) is 29.2. The Labute approximate surface area is 262 Å². The van der Waals surface area contributed by atoms with Crippen LogP contribution in [0.5, 0.6) is 0 Å². The van der Waals surface area contributed by atoms with Crippen molar-refractivity contribution in [2.24, 2.45) is 5.73 Å². The van der Waals surface area contributed by atoms with Crippen LogP contribution in [0.1, 0.15) is 121 Å². The summed E-state index contributed by atoms with van der Waals surface area (Å²) in [5.41, 5.74) is 7.12. The second-order valence-corrected chi connectivity index (χ2v) is 10.9. The minimum Gasteiger partial charge on any atom is -0.481 e. The number of aromatic nitrogens is 2. The number of hydrogen-bond acceptors (Lipinski definition) is 7. The molecule has 0 radical (unpaired) electrons. The Morgan fingerprint density at radius 2 is 1.62 bits per heavy atom. The minimum atomic E-state index is -1.03. The first-order valence-electron chi connectivity index (χ1n) is 15.1. The number of ether oxygens (including phenoxy) is 1. The van der Waals surface area contributed by atoms with Crippen LogP contribution in [0.3, 0.4) is 0 Å². The molecule has 3 atom stereocenters. The van der Waals surface area contributed by atoms with E-state index >= 15 is 0 Å². The van der Waals surface area contributed by atoms with Crippen LogP contribution >= 0.6 is 24.8 Å². The van der Waals surface area contributed by atoms with E-state index in [4.69, 9.17) is 15.6 Å². The highest BCUT2D eigenvalue weighted by atomic mass is 35.5. The van der Waals surface area contributed by atoms with E-state index in [1.165, 1.54) is 51.4 Å². The van der Waals surface area contributed by atoms with Crippen molar-refractivity contribution in [1.29, 1.82) is 0 Å². The van der Waals surface area contributed by atoms with Gasteiger partial charge in [-0.15, -0.1) is 24.8 Å². The van der Waals surface area contributed by atoms with Gasteiger partial charge >= 0.3 is 11.9 Å². The molecular formula is C29H51Cl2N5O6. The van der Waals surface area contributed by atoms with E-state index in [0.717, 1.165) is 30.7 Å². The number of H-pyrrole nitrogens is 1. The third kappa shape index (κ3) is 16.3. The zero-order valence-corrected chi connectivity index (χ0v) is 26.5. The number of esters is 1. The number of aromatic amines is 1. The van der Waals surface area contributed by atoms with E-state index in [1.54, 1.807) is 6.33 Å². The lowest BCUT2D eigenvalue weighted by Crippen LogP contribution is -2.53. The molecule has 1 aromatic rings. The zero-order valence-electron chi connectivity index (χ0n) is 24.9. The normalized spacial score (nSPS) is 15.3. The number of fused-ring (bicyclic) bond motifs is 1. The quantitative estimate of drug-likeness (QED) is 0.0913. The van der Waals surface area contributed by atoms with Gasteiger partial charge in [0.05, 0.1) is 30.2 Å². The van der Waals surface area contributed by atoms with Gasteiger partial charge in [-0.1, -0.05) is 71.1 Å². The number of aliphatic carboxylic acids is 1. The maximum Gasteiger partial charge on any atom is 0.328 e. The number of amides is 2. The molecule has 0 saturated heterocycles. The number of carboxylic acids is 1. The molecule has 1 aliphatic rings. The number of nitrogens with two attached hydrogens (primary N) is 1. The Bertz CT molecular complexity index is 932. The second kappa shape index (κ2) is 23.1. The molecule has 1 aromatic heterocycles. The molecule has 2 rings (SSSR count). The summed E-state index contributed by atoms with van der Waals surface area (Å²) in [7, 11) is 0. The fourth-order valence-electron chi connectivity index (χ4n) is 5.04. The van der Waals surface area contributed by atoms with Gasteiger partial charge in [0.1, 0.15) is 12.1 Å². The van der Waals surface area contributed by atoms with E-state index in [-0.39, 0.29) is 56.4 Å². The Morgan fingerprint density at radius 1 is 1.00 bits per heavy atom. The van der Waals surface area contributed by atoms with Crippen molar-refractivity contribution >= 4 is 48.6 Å². The van der Waals surface area contributed by atoms with Gasteiger partial charge in [0.2, 0.25) is 11.8 Å². The molecule has 6 N–H and O–H groups in total. The molecule has 0 bridgehead atoms. The largest absolute Gasteiger partial charge is 0.481 e. The van der Waals surface area contributed by atoms with Crippen LogP contribution in [0.4, 0.5) is 0 Å². The summed E-state index contributed by atoms with van der Waals surface area (Å²) in [6.07, 6.45) is 14.9. The predicted molar refractivity (Wildman–Crippen MR) is 166 cm³/mol. The smallest absolute Gasteiger partial charge is 0.328 e. The molecule has 242 valence electrons. The summed E-state index contributed by atoms with van der Waals surface area (Å²) in [5, 5.41) is 14.9. The molecule has 2 amide bonds. The SMILES string of the molecule is CCCCCCCCCCCCC[C@@H](CC(N)=O)OC(=O)[C@H](CCCC(=O)O)NC(=O)[C@H]1Cc2nc[nH]c2CN1.Cl.Cl. The third-order valence-electron chi connectivity index (χ3n) is 7.37. The maximum absolute atomic E-state index is 13.1. The fraction of sp³-hybridized carbons (Fsp3) is 0.759. The predicted octanol–water partition coefficient (Wildman–Crippen LogP) is 4.50. The molecule has 2 heterocycles. The number of halogens is 2. The number of hydrogen-bond donors (Lipinski definition) is 5. The summed E-state index contributed by atoms with van der Waals surface area (Å²) >= 11 is 0. The number of nitrogens with zero attached hydrogens (tertiary/aromatic N) is 1. The molecule has 13 heteroatoms. The van der Waals surface area contributed by atoms with Crippen LogP contribution < -0.4 is 16.4 Å². The lowest BCUT2D eigenvalue weighted by molar-refractivity contribution is -0.155. The molecule has 0 saturated carbocycles. The summed E-state index contributed by atoms with van der Waals surface area (Å²) in [5.74, 6) is -2.61. The second-order valence-electron chi connectivity index (χ2n) is 10.9. The molecule has 0 spiro atoms. The van der Waals surface area contributed by atoms with Gasteiger partial charge < -0.3 is 25.9 Å². The molecule has 0 aliphatic carbocycles. The average molecular weight is 637 g/mol. The highest BCUT2D eigenvalue weighted by Gasteiger charge is 2.31. The minimum absolute atomic E-state index is 0. The topological polar surface area (TPSA) is 176 Å². The Balaban J connectivity index is 0.00000840. The van der Waals surface area contributed by atoms with Gasteiger partial charge in [-0.3, -0.25) is 19.7 Å². The van der Waals surface area contributed by atoms with Crippen LogP contribution in [0.25, 0.3) is 0 Å². The van der Waals surface area contributed by atoms with Gasteiger partial charge in [0, 0.05) is 19.4 Å². The third-order valence-corrected chi connectivity index (χ3v) is 7.37. The van der Waals surface area contributed by atoms with Gasteiger partial charge in [0.15, 0.2) is 0 Å². The Hall–Kier alpha value is -2.37. The van der Waals surface area contributed by atoms with E-state index in [1.807, 2.05) is 0 Å². The lowest BCUT2D eigenvalue weighted by atomic mass is 10.0. The van der Waals surface area contributed by atoms with Crippen molar-refractivity contribution in [3.05, 3.63) is 17.7 Å². The molecule has 11 nitrogen and oxygen atoms in total. The number of unbranched alkanes of at least 4 members (excludes halogenated alkanes) is 10. The Kier molecular flexibility index (Phi) is 21.8. The molecule has 0 unspecified atom stereocenters. The van der Waals surface area contributed by atoms with Crippen LogP contribution in [-0.4, -0.2) is 57.0 Å². The molecule has 1 aliphatic heterocycles. The summed E-state index contributed by atoms with van der Waals surface area (Å²) < 4.78 is 5.67. The number of primary amides is 1.